The van der Waals surface area contributed by atoms with Crippen LogP contribution in [0.4, 0.5) is 0 Å². The van der Waals surface area contributed by atoms with Crippen LogP contribution >= 0.6 is 0 Å². The second-order valence-electron chi connectivity index (χ2n) is 3.20. The van der Waals surface area contributed by atoms with Crippen molar-refractivity contribution in [2.24, 2.45) is 5.92 Å². The van der Waals surface area contributed by atoms with Gasteiger partial charge in [-0.3, -0.25) is 0 Å². The third kappa shape index (κ3) is 9.48. The Bertz CT molecular complexity index is 118. The predicted octanol–water partition coefficient (Wildman–Crippen LogP) is 3.95. The molecular weight excluding hydrogens is 132 g/mol. The van der Waals surface area contributed by atoms with Crippen LogP contribution in [0.2, 0.25) is 0 Å². The molecule has 0 rings (SSSR count). The highest BCUT2D eigenvalue weighted by Gasteiger charge is 1.79. The molecule has 0 aromatic carbocycles. The lowest BCUT2D eigenvalue weighted by molar-refractivity contribution is 0.814. The monoisotopic (exact) mass is 152 g/mol. The van der Waals surface area contributed by atoms with Gasteiger partial charge in [-0.2, -0.15) is 0 Å². The summed E-state index contributed by atoms with van der Waals surface area (Å²) in [4.78, 5) is 0. The number of rotatable bonds is 5. The largest absolute Gasteiger partial charge is 0.0845 e. The van der Waals surface area contributed by atoms with Crippen molar-refractivity contribution in [2.75, 3.05) is 0 Å². The molecule has 0 aromatic rings. The predicted molar refractivity (Wildman–Crippen MR) is 52.6 cm³/mol. The van der Waals surface area contributed by atoms with Gasteiger partial charge in [-0.15, -0.1) is 0 Å². The number of allylic oxidation sites excluding steroid dienone is 4. The highest BCUT2D eigenvalue weighted by molar-refractivity contribution is 5.03. The minimum absolute atomic E-state index is 0.672. The lowest BCUT2D eigenvalue weighted by Gasteiger charge is -1.89. The summed E-state index contributed by atoms with van der Waals surface area (Å²) in [6.45, 7) is 6.60. The summed E-state index contributed by atoms with van der Waals surface area (Å²) in [5.41, 5.74) is 0. The Hall–Kier alpha value is -0.520. The Balaban J connectivity index is 3.29. The van der Waals surface area contributed by atoms with E-state index in [9.17, 15) is 0 Å². The summed E-state index contributed by atoms with van der Waals surface area (Å²) < 4.78 is 0. The molecule has 0 amide bonds. The van der Waals surface area contributed by atoms with Crippen LogP contribution in [0, 0.1) is 5.92 Å². The number of hydrogen-bond acceptors (Lipinski definition) is 0. The summed E-state index contributed by atoms with van der Waals surface area (Å²) in [5, 5.41) is 0. The second kappa shape index (κ2) is 7.59. The molecule has 0 heterocycles. The van der Waals surface area contributed by atoms with Crippen molar-refractivity contribution in [3.05, 3.63) is 24.3 Å². The van der Waals surface area contributed by atoms with Crippen LogP contribution in [0.15, 0.2) is 24.3 Å². The topological polar surface area (TPSA) is 0 Å². The smallest absolute Gasteiger partial charge is 0.0287 e. The molecular formula is C11H20. The number of hydrogen-bond donors (Lipinski definition) is 0. The Morgan fingerprint density at radius 3 is 2.45 bits per heavy atom. The van der Waals surface area contributed by atoms with E-state index in [2.05, 4.69) is 45.1 Å². The molecule has 0 bridgehead atoms. The SMILES string of the molecule is CCCCC=CC=CC(C)C. The van der Waals surface area contributed by atoms with Crippen molar-refractivity contribution in [2.45, 2.75) is 40.0 Å². The summed E-state index contributed by atoms with van der Waals surface area (Å²) in [5.74, 6) is 0.672. The molecule has 0 aliphatic carbocycles. The van der Waals surface area contributed by atoms with E-state index in [0.717, 1.165) is 0 Å². The molecule has 11 heavy (non-hydrogen) atoms. The first-order valence-corrected chi connectivity index (χ1v) is 4.60. The van der Waals surface area contributed by atoms with Crippen LogP contribution in [0.3, 0.4) is 0 Å². The Morgan fingerprint density at radius 2 is 1.91 bits per heavy atom. The van der Waals surface area contributed by atoms with Gasteiger partial charge in [-0.25, -0.2) is 0 Å². The zero-order valence-electron chi connectivity index (χ0n) is 8.01. The summed E-state index contributed by atoms with van der Waals surface area (Å²) in [6, 6.07) is 0. The van der Waals surface area contributed by atoms with Crippen LogP contribution < -0.4 is 0 Å². The summed E-state index contributed by atoms with van der Waals surface area (Å²) in [6.07, 6.45) is 12.6. The molecule has 0 radical (unpaired) electrons. The first-order chi connectivity index (χ1) is 5.27. The maximum Gasteiger partial charge on any atom is -0.0287 e. The van der Waals surface area contributed by atoms with Crippen molar-refractivity contribution in [1.82, 2.24) is 0 Å². The van der Waals surface area contributed by atoms with Gasteiger partial charge in [0.25, 0.3) is 0 Å². The van der Waals surface area contributed by atoms with Gasteiger partial charge in [0.05, 0.1) is 0 Å². The van der Waals surface area contributed by atoms with E-state index in [1.54, 1.807) is 0 Å². The zero-order chi connectivity index (χ0) is 8.53. The molecule has 64 valence electrons. The molecule has 0 saturated carbocycles. The minimum Gasteiger partial charge on any atom is -0.0845 e. The van der Waals surface area contributed by atoms with Crippen LogP contribution in [0.1, 0.15) is 40.0 Å². The van der Waals surface area contributed by atoms with Gasteiger partial charge in [0, 0.05) is 0 Å². The minimum atomic E-state index is 0.672. The standard InChI is InChI=1S/C11H20/c1-4-5-6-7-8-9-10-11(2)3/h7-11H,4-6H2,1-3H3. The average molecular weight is 152 g/mol. The Kier molecular flexibility index (Phi) is 7.23. The van der Waals surface area contributed by atoms with Gasteiger partial charge in [-0.05, 0) is 12.3 Å². The molecule has 0 heteroatoms. The quantitative estimate of drug-likeness (QED) is 0.413. The van der Waals surface area contributed by atoms with Crippen molar-refractivity contribution < 1.29 is 0 Å². The van der Waals surface area contributed by atoms with Gasteiger partial charge in [0.15, 0.2) is 0 Å². The third-order valence-electron chi connectivity index (χ3n) is 1.47. The van der Waals surface area contributed by atoms with Gasteiger partial charge >= 0.3 is 0 Å². The van der Waals surface area contributed by atoms with E-state index in [-0.39, 0.29) is 0 Å². The van der Waals surface area contributed by atoms with E-state index in [4.69, 9.17) is 0 Å². The molecule has 0 aliphatic rings. The summed E-state index contributed by atoms with van der Waals surface area (Å²) >= 11 is 0. The Morgan fingerprint density at radius 1 is 1.18 bits per heavy atom. The molecule has 0 aromatic heterocycles. The van der Waals surface area contributed by atoms with Crippen molar-refractivity contribution >= 4 is 0 Å². The Labute approximate surface area is 71.0 Å². The fourth-order valence-corrected chi connectivity index (χ4v) is 0.783. The van der Waals surface area contributed by atoms with Crippen molar-refractivity contribution in [3.63, 3.8) is 0 Å². The van der Waals surface area contributed by atoms with E-state index < -0.39 is 0 Å². The van der Waals surface area contributed by atoms with Gasteiger partial charge < -0.3 is 0 Å². The first kappa shape index (κ1) is 10.5. The fraction of sp³-hybridized carbons (Fsp3) is 0.636. The van der Waals surface area contributed by atoms with Crippen LogP contribution in [-0.2, 0) is 0 Å². The maximum atomic E-state index is 2.24. The van der Waals surface area contributed by atoms with Crippen LogP contribution in [0.25, 0.3) is 0 Å². The average Bonchev–Trinajstić information content (AvgIpc) is 1.96. The molecule has 0 atom stereocenters. The van der Waals surface area contributed by atoms with Crippen LogP contribution in [0.5, 0.6) is 0 Å². The zero-order valence-corrected chi connectivity index (χ0v) is 8.01. The highest BCUT2D eigenvalue weighted by atomic mass is 13.9. The van der Waals surface area contributed by atoms with Crippen molar-refractivity contribution in [3.8, 4) is 0 Å². The van der Waals surface area contributed by atoms with Crippen LogP contribution in [-0.4, -0.2) is 0 Å². The fourth-order valence-electron chi connectivity index (χ4n) is 0.783. The third-order valence-corrected chi connectivity index (χ3v) is 1.47. The molecule has 0 aliphatic heterocycles. The lowest BCUT2D eigenvalue weighted by Crippen LogP contribution is -1.74. The van der Waals surface area contributed by atoms with E-state index in [1.165, 1.54) is 19.3 Å². The molecule has 0 saturated heterocycles. The maximum absolute atomic E-state index is 2.24. The van der Waals surface area contributed by atoms with E-state index >= 15 is 0 Å². The summed E-state index contributed by atoms with van der Waals surface area (Å²) in [7, 11) is 0. The van der Waals surface area contributed by atoms with Crippen molar-refractivity contribution in [1.29, 1.82) is 0 Å². The first-order valence-electron chi connectivity index (χ1n) is 4.60. The highest BCUT2D eigenvalue weighted by Crippen LogP contribution is 1.97. The molecule has 0 N–H and O–H groups in total. The van der Waals surface area contributed by atoms with E-state index in [1.807, 2.05) is 0 Å². The number of unbranched alkanes of at least 4 members (excludes halogenated alkanes) is 2. The van der Waals surface area contributed by atoms with Gasteiger partial charge in [-0.1, -0.05) is 57.9 Å². The lowest BCUT2D eigenvalue weighted by atomic mass is 10.2. The molecule has 0 spiro atoms. The second-order valence-corrected chi connectivity index (χ2v) is 3.20. The molecule has 0 unspecified atom stereocenters. The molecule has 0 nitrogen and oxygen atoms in total. The van der Waals surface area contributed by atoms with E-state index in [0.29, 0.717) is 5.92 Å². The molecule has 0 fully saturated rings. The van der Waals surface area contributed by atoms with Gasteiger partial charge in [0.2, 0.25) is 0 Å². The normalized spacial score (nSPS) is 12.4. The van der Waals surface area contributed by atoms with Gasteiger partial charge in [0.1, 0.15) is 0 Å².